The number of amidine groups is 1. The van der Waals surface area contributed by atoms with Crippen LogP contribution in [-0.4, -0.2) is 52.2 Å². The summed E-state index contributed by atoms with van der Waals surface area (Å²) >= 11 is 0. The highest BCUT2D eigenvalue weighted by molar-refractivity contribution is 6.02. The lowest BCUT2D eigenvalue weighted by atomic mass is 9.92. The van der Waals surface area contributed by atoms with Crippen molar-refractivity contribution in [3.05, 3.63) is 90.0 Å². The minimum Gasteiger partial charge on any atom is -0.338 e. The number of hydrogen-bond acceptors (Lipinski definition) is 5. The minimum atomic E-state index is 0.000463. The van der Waals surface area contributed by atoms with Crippen molar-refractivity contribution in [3.63, 3.8) is 0 Å². The van der Waals surface area contributed by atoms with Crippen LogP contribution in [0.4, 0.5) is 4.79 Å². The van der Waals surface area contributed by atoms with Crippen LogP contribution in [0.2, 0.25) is 0 Å². The van der Waals surface area contributed by atoms with Gasteiger partial charge in [0.05, 0.1) is 29.2 Å². The molecule has 0 spiro atoms. The second kappa shape index (κ2) is 9.96. The first-order valence-electron chi connectivity index (χ1n) is 13.3. The van der Waals surface area contributed by atoms with Crippen molar-refractivity contribution in [2.24, 2.45) is 21.7 Å². The van der Waals surface area contributed by atoms with Gasteiger partial charge >= 0.3 is 6.03 Å². The van der Waals surface area contributed by atoms with Gasteiger partial charge in [-0.1, -0.05) is 42.5 Å². The average molecular weight is 507 g/mol. The van der Waals surface area contributed by atoms with Crippen LogP contribution in [0.15, 0.2) is 94.4 Å². The van der Waals surface area contributed by atoms with Gasteiger partial charge in [0.2, 0.25) is 5.70 Å². The average Bonchev–Trinajstić information content (AvgIpc) is 3.25. The molecular formula is C30H32N7O+. The molecule has 2 aromatic carbocycles. The summed E-state index contributed by atoms with van der Waals surface area (Å²) in [5.74, 6) is 8.19. The Balaban J connectivity index is 1.28. The number of urea groups is 1. The Hall–Kier alpha value is -4.14. The zero-order valence-corrected chi connectivity index (χ0v) is 21.5. The van der Waals surface area contributed by atoms with Crippen molar-refractivity contribution in [2.45, 2.75) is 26.2 Å². The van der Waals surface area contributed by atoms with Gasteiger partial charge in [-0.2, -0.15) is 10.8 Å². The Kier molecular flexibility index (Phi) is 6.35. The van der Waals surface area contributed by atoms with Crippen LogP contribution in [0.25, 0.3) is 22.2 Å². The summed E-state index contributed by atoms with van der Waals surface area (Å²) in [6, 6.07) is 20.6. The van der Waals surface area contributed by atoms with E-state index in [0.29, 0.717) is 12.5 Å². The summed E-state index contributed by atoms with van der Waals surface area (Å²) in [5.41, 5.74) is 5.73. The van der Waals surface area contributed by atoms with E-state index in [1.54, 1.807) is 6.20 Å². The van der Waals surface area contributed by atoms with Gasteiger partial charge in [0.15, 0.2) is 0 Å². The van der Waals surface area contributed by atoms with Crippen LogP contribution >= 0.6 is 0 Å². The molecule has 0 radical (unpaired) electrons. The lowest BCUT2D eigenvalue weighted by molar-refractivity contribution is -0.750. The van der Waals surface area contributed by atoms with Crippen molar-refractivity contribution in [2.75, 3.05) is 19.6 Å². The molecule has 3 aromatic rings. The van der Waals surface area contributed by atoms with Crippen LogP contribution in [0, 0.1) is 5.92 Å². The summed E-state index contributed by atoms with van der Waals surface area (Å²) in [5, 5.41) is 3.97. The summed E-state index contributed by atoms with van der Waals surface area (Å²) < 4.78 is 0.000463. The number of quaternary nitrogens is 1. The molecule has 0 aliphatic carbocycles. The van der Waals surface area contributed by atoms with Gasteiger partial charge in [-0.05, 0) is 50.3 Å². The summed E-state index contributed by atoms with van der Waals surface area (Å²) in [6.45, 7) is 4.10. The van der Waals surface area contributed by atoms with Crippen LogP contribution in [-0.2, 0) is 0 Å². The molecule has 1 unspecified atom stereocenters. The number of nitrogens with two attached hydrogens (primary N) is 1. The largest absolute Gasteiger partial charge is 0.338 e. The highest BCUT2D eigenvalue weighted by Crippen LogP contribution is 2.36. The maximum Gasteiger partial charge on any atom is 0.317 e. The van der Waals surface area contributed by atoms with Gasteiger partial charge in [0.25, 0.3) is 5.84 Å². The molecule has 3 N–H and O–H groups in total. The standard InChI is InChI=1S/C30H31N7O/c1-2-33-30(38)36-15-12-21(13-16-36)18-27-28-20-32-14-17-37(28,31)29(35-27)24-9-8-23-10-11-25(34-26(23)19-24)22-6-4-3-5-7-22/h3-11,14,17,19-21H,2,12-13,15-16,18,31H2,1H3/p+1. The van der Waals surface area contributed by atoms with Crippen LogP contribution in [0.1, 0.15) is 31.7 Å². The molecule has 8 nitrogen and oxygen atoms in total. The summed E-state index contributed by atoms with van der Waals surface area (Å²) in [7, 11) is 0. The smallest absolute Gasteiger partial charge is 0.317 e. The Labute approximate surface area is 222 Å². The normalized spacial score (nSPS) is 21.1. The lowest BCUT2D eigenvalue weighted by Crippen LogP contribution is -2.53. The van der Waals surface area contributed by atoms with Crippen molar-refractivity contribution in [1.29, 1.82) is 0 Å². The highest BCUT2D eigenvalue weighted by Gasteiger charge is 2.44. The number of nitrogens with one attached hydrogen (secondary N) is 1. The molecule has 1 atom stereocenters. The predicted octanol–water partition coefficient (Wildman–Crippen LogP) is 4.95. The lowest BCUT2D eigenvalue weighted by Gasteiger charge is -2.32. The van der Waals surface area contributed by atoms with E-state index in [1.807, 2.05) is 42.4 Å². The third-order valence-corrected chi connectivity index (χ3v) is 7.60. The van der Waals surface area contributed by atoms with E-state index >= 15 is 0 Å². The van der Waals surface area contributed by atoms with Gasteiger partial charge in [-0.25, -0.2) is 9.78 Å². The summed E-state index contributed by atoms with van der Waals surface area (Å²) in [6.07, 6.45) is 8.15. The van der Waals surface area contributed by atoms with Gasteiger partial charge < -0.3 is 10.2 Å². The molecule has 1 saturated heterocycles. The number of fused-ring (bicyclic) bond motifs is 2. The van der Waals surface area contributed by atoms with Gasteiger partial charge in [0.1, 0.15) is 11.9 Å². The number of carbonyl (C=O) groups is 1. The van der Waals surface area contributed by atoms with E-state index in [4.69, 9.17) is 15.8 Å². The van der Waals surface area contributed by atoms with Gasteiger partial charge in [-0.15, -0.1) is 4.59 Å². The number of hydrogen-bond donors (Lipinski definition) is 2. The van der Waals surface area contributed by atoms with E-state index in [9.17, 15) is 4.79 Å². The van der Waals surface area contributed by atoms with E-state index in [-0.39, 0.29) is 10.6 Å². The number of amides is 2. The Morgan fingerprint density at radius 1 is 1.08 bits per heavy atom. The number of aromatic nitrogens is 1. The zero-order valence-electron chi connectivity index (χ0n) is 21.5. The first-order valence-corrected chi connectivity index (χ1v) is 13.3. The second-order valence-electron chi connectivity index (χ2n) is 10.1. The number of pyridine rings is 1. The molecule has 1 fully saturated rings. The van der Waals surface area contributed by atoms with Gasteiger partial charge in [-0.3, -0.25) is 4.99 Å². The number of nitrogens with zero attached hydrogens (tertiary/aromatic N) is 5. The molecule has 3 aliphatic rings. The fourth-order valence-corrected chi connectivity index (χ4v) is 5.50. The fraction of sp³-hybridized carbons (Fsp3) is 0.267. The fourth-order valence-electron chi connectivity index (χ4n) is 5.50. The number of likely N-dealkylation sites (tertiary alicyclic amines) is 1. The SMILES string of the molecule is CCNC(=O)N1CCC(CC2=C3C=NC=C[N+]3(N)C(c3ccc4ccc(-c5ccccc5)nc4c3)=N2)CC1. The highest BCUT2D eigenvalue weighted by atomic mass is 16.2. The molecule has 0 saturated carbocycles. The number of carbonyl (C=O) groups excluding carboxylic acids is 1. The van der Waals surface area contributed by atoms with Crippen LogP contribution in [0.3, 0.4) is 0 Å². The number of aliphatic imine (C=N–C) groups is 2. The molecule has 2 amide bonds. The first kappa shape index (κ1) is 24.2. The van der Waals surface area contributed by atoms with E-state index in [0.717, 1.165) is 77.3 Å². The maximum absolute atomic E-state index is 12.2. The maximum atomic E-state index is 12.2. The molecule has 1 aromatic heterocycles. The van der Waals surface area contributed by atoms with E-state index < -0.39 is 0 Å². The molecule has 4 heterocycles. The van der Waals surface area contributed by atoms with E-state index in [1.165, 1.54) is 0 Å². The Morgan fingerprint density at radius 3 is 2.66 bits per heavy atom. The molecule has 6 rings (SSSR count). The predicted molar refractivity (Wildman–Crippen MR) is 151 cm³/mol. The van der Waals surface area contributed by atoms with Crippen molar-refractivity contribution >= 4 is 29.0 Å². The third kappa shape index (κ3) is 4.42. The second-order valence-corrected chi connectivity index (χ2v) is 10.1. The zero-order chi connectivity index (χ0) is 26.1. The molecule has 192 valence electrons. The molecule has 0 bridgehead atoms. The first-order chi connectivity index (χ1) is 18.5. The molecule has 38 heavy (non-hydrogen) atoms. The molecule has 3 aliphatic heterocycles. The summed E-state index contributed by atoms with van der Waals surface area (Å²) in [4.78, 5) is 28.6. The van der Waals surface area contributed by atoms with Crippen molar-refractivity contribution in [3.8, 4) is 11.3 Å². The number of allylic oxidation sites excluding steroid dienone is 2. The molecular weight excluding hydrogens is 474 g/mol. The third-order valence-electron chi connectivity index (χ3n) is 7.60. The quantitative estimate of drug-likeness (QED) is 0.379. The number of benzene rings is 2. The van der Waals surface area contributed by atoms with Gasteiger partial charge in [0, 0.05) is 30.6 Å². The van der Waals surface area contributed by atoms with Crippen LogP contribution < -0.4 is 11.2 Å². The number of rotatable bonds is 5. The Morgan fingerprint density at radius 2 is 1.87 bits per heavy atom. The van der Waals surface area contributed by atoms with Crippen LogP contribution in [0.5, 0.6) is 0 Å². The van der Waals surface area contributed by atoms with E-state index in [2.05, 4.69) is 52.8 Å². The van der Waals surface area contributed by atoms with Crippen molar-refractivity contribution < 1.29 is 9.39 Å². The van der Waals surface area contributed by atoms with Crippen molar-refractivity contribution in [1.82, 2.24) is 15.2 Å². The minimum absolute atomic E-state index is 0.000463. The monoisotopic (exact) mass is 506 g/mol. The number of piperidine rings is 1. The topological polar surface area (TPSA) is 96.0 Å². The Bertz CT molecular complexity index is 1500. The molecule has 8 heteroatoms.